The molecule has 4 heteroatoms. The molecule has 0 saturated carbocycles. The van der Waals surface area contributed by atoms with E-state index in [1.807, 2.05) is 32.9 Å². The first-order valence-electron chi connectivity index (χ1n) is 6.94. The largest absolute Gasteiger partial charge is 0.347 e. The van der Waals surface area contributed by atoms with Gasteiger partial charge in [0.1, 0.15) is 0 Å². The number of rotatable bonds is 4. The van der Waals surface area contributed by atoms with Crippen LogP contribution in [0.5, 0.6) is 0 Å². The van der Waals surface area contributed by atoms with Crippen molar-refractivity contribution in [2.45, 2.75) is 53.5 Å². The molecule has 0 aliphatic rings. The van der Waals surface area contributed by atoms with Gasteiger partial charge in [0.25, 0.3) is 5.91 Å². The van der Waals surface area contributed by atoms with E-state index >= 15 is 0 Å². The molecule has 0 saturated heterocycles. The molecule has 0 heterocycles. The van der Waals surface area contributed by atoms with E-state index in [1.54, 1.807) is 6.07 Å². The normalized spacial score (nSPS) is 12.2. The van der Waals surface area contributed by atoms with Crippen LogP contribution in [0.3, 0.4) is 0 Å². The molecule has 4 N–H and O–H groups in total. The molecule has 1 aromatic rings. The predicted molar refractivity (Wildman–Crippen MR) is 84.6 cm³/mol. The lowest BCUT2D eigenvalue weighted by Crippen LogP contribution is -2.46. The van der Waals surface area contributed by atoms with Gasteiger partial charge in [-0.3, -0.25) is 10.6 Å². The summed E-state index contributed by atoms with van der Waals surface area (Å²) in [5, 5.41) is 3.09. The molecule has 0 spiro atoms. The first-order chi connectivity index (χ1) is 9.04. The predicted octanol–water partition coefficient (Wildman–Crippen LogP) is 3.23. The van der Waals surface area contributed by atoms with Crippen LogP contribution in [-0.4, -0.2) is 11.4 Å². The Bertz CT molecular complexity index is 487. The maximum atomic E-state index is 12.4. The summed E-state index contributed by atoms with van der Waals surface area (Å²) in [5.74, 6) is 5.39. The smallest absolute Gasteiger partial charge is 0.253 e. The number of aryl methyl sites for hydroxylation is 1. The van der Waals surface area contributed by atoms with Gasteiger partial charge in [-0.2, -0.15) is 0 Å². The van der Waals surface area contributed by atoms with Crippen LogP contribution in [0, 0.1) is 12.3 Å². The lowest BCUT2D eigenvalue weighted by molar-refractivity contribution is 0.0892. The van der Waals surface area contributed by atoms with Gasteiger partial charge < -0.3 is 10.7 Å². The average molecular weight is 277 g/mol. The number of carbonyl (C=O) groups is 1. The molecule has 1 amide bonds. The number of hydrazine groups is 1. The molecule has 0 aliphatic carbocycles. The third kappa shape index (κ3) is 4.85. The number of nitrogen functional groups attached to an aromatic ring is 1. The molecule has 112 valence electrons. The van der Waals surface area contributed by atoms with Crippen molar-refractivity contribution in [1.82, 2.24) is 5.32 Å². The van der Waals surface area contributed by atoms with Gasteiger partial charge in [0.05, 0.1) is 11.3 Å². The van der Waals surface area contributed by atoms with Crippen LogP contribution < -0.4 is 16.6 Å². The quantitative estimate of drug-likeness (QED) is 0.584. The molecule has 0 aliphatic heterocycles. The number of anilines is 1. The minimum Gasteiger partial charge on any atom is -0.347 e. The second-order valence-electron chi connectivity index (χ2n) is 7.27. The molecule has 20 heavy (non-hydrogen) atoms. The highest BCUT2D eigenvalue weighted by molar-refractivity contribution is 6.00. The van der Waals surface area contributed by atoms with Crippen molar-refractivity contribution in [1.29, 1.82) is 0 Å². The van der Waals surface area contributed by atoms with Crippen LogP contribution in [0.2, 0.25) is 0 Å². The van der Waals surface area contributed by atoms with Crippen LogP contribution in [0.25, 0.3) is 0 Å². The Hall–Kier alpha value is -1.55. The number of benzene rings is 1. The molecule has 0 fully saturated rings. The Morgan fingerprint density at radius 3 is 2.30 bits per heavy atom. The second kappa shape index (κ2) is 5.83. The molecule has 0 unspecified atom stereocenters. The first kappa shape index (κ1) is 16.5. The maximum Gasteiger partial charge on any atom is 0.253 e. The summed E-state index contributed by atoms with van der Waals surface area (Å²) < 4.78 is 0. The van der Waals surface area contributed by atoms with Gasteiger partial charge >= 0.3 is 0 Å². The van der Waals surface area contributed by atoms with E-state index in [-0.39, 0.29) is 16.9 Å². The standard InChI is InChI=1S/C16H27N3O/c1-11-7-8-12(13(9-11)19-17)14(20)18-16(5,6)10-15(2,3)4/h7-9,19H,10,17H2,1-6H3,(H,18,20). The van der Waals surface area contributed by atoms with E-state index < -0.39 is 0 Å². The molecular formula is C16H27N3O. The molecule has 0 radical (unpaired) electrons. The van der Waals surface area contributed by atoms with Crippen LogP contribution in [-0.2, 0) is 0 Å². The van der Waals surface area contributed by atoms with E-state index in [9.17, 15) is 4.79 Å². The summed E-state index contributed by atoms with van der Waals surface area (Å²) in [4.78, 5) is 12.4. The van der Waals surface area contributed by atoms with Crippen LogP contribution in [0.1, 0.15) is 57.0 Å². The minimum absolute atomic E-state index is 0.104. The average Bonchev–Trinajstić information content (AvgIpc) is 2.24. The number of hydrogen-bond donors (Lipinski definition) is 3. The minimum atomic E-state index is -0.272. The Balaban J connectivity index is 2.91. The van der Waals surface area contributed by atoms with Crippen molar-refractivity contribution in [2.75, 3.05) is 5.43 Å². The van der Waals surface area contributed by atoms with Gasteiger partial charge in [0, 0.05) is 5.54 Å². The zero-order valence-corrected chi connectivity index (χ0v) is 13.4. The van der Waals surface area contributed by atoms with Crippen LogP contribution in [0.15, 0.2) is 18.2 Å². The van der Waals surface area contributed by atoms with Crippen molar-refractivity contribution in [3.05, 3.63) is 29.3 Å². The third-order valence-electron chi connectivity index (χ3n) is 3.00. The number of hydrogen-bond acceptors (Lipinski definition) is 3. The second-order valence-corrected chi connectivity index (χ2v) is 7.27. The number of nitrogens with two attached hydrogens (primary N) is 1. The molecule has 1 rings (SSSR count). The summed E-state index contributed by atoms with van der Waals surface area (Å²) in [6.45, 7) is 12.5. The summed E-state index contributed by atoms with van der Waals surface area (Å²) in [5.41, 5.74) is 4.75. The Morgan fingerprint density at radius 2 is 1.80 bits per heavy atom. The Morgan fingerprint density at radius 1 is 1.20 bits per heavy atom. The van der Waals surface area contributed by atoms with Gasteiger partial charge in [0.2, 0.25) is 0 Å². The molecular weight excluding hydrogens is 250 g/mol. The highest BCUT2D eigenvalue weighted by Crippen LogP contribution is 2.27. The van der Waals surface area contributed by atoms with Gasteiger partial charge in [-0.05, 0) is 50.3 Å². The van der Waals surface area contributed by atoms with Gasteiger partial charge in [-0.15, -0.1) is 0 Å². The van der Waals surface area contributed by atoms with Crippen molar-refractivity contribution < 1.29 is 4.79 Å². The van der Waals surface area contributed by atoms with Crippen molar-refractivity contribution >= 4 is 11.6 Å². The van der Waals surface area contributed by atoms with Crippen molar-refractivity contribution in [3.63, 3.8) is 0 Å². The summed E-state index contributed by atoms with van der Waals surface area (Å²) >= 11 is 0. The molecule has 4 nitrogen and oxygen atoms in total. The van der Waals surface area contributed by atoms with E-state index in [2.05, 4.69) is 31.5 Å². The Kier molecular flexibility index (Phi) is 4.81. The highest BCUT2D eigenvalue weighted by atomic mass is 16.1. The molecule has 1 aromatic carbocycles. The Labute approximate surface area is 122 Å². The summed E-state index contributed by atoms with van der Waals surface area (Å²) in [6.07, 6.45) is 0.892. The van der Waals surface area contributed by atoms with Gasteiger partial charge in [-0.1, -0.05) is 26.8 Å². The van der Waals surface area contributed by atoms with Crippen LogP contribution >= 0.6 is 0 Å². The molecule has 0 bridgehead atoms. The fourth-order valence-corrected chi connectivity index (χ4v) is 2.72. The number of amides is 1. The first-order valence-corrected chi connectivity index (χ1v) is 6.94. The van der Waals surface area contributed by atoms with Gasteiger partial charge in [0.15, 0.2) is 0 Å². The zero-order chi connectivity index (χ0) is 15.6. The third-order valence-corrected chi connectivity index (χ3v) is 3.00. The summed E-state index contributed by atoms with van der Waals surface area (Å²) in [6, 6.07) is 5.57. The maximum absolute atomic E-state index is 12.4. The number of nitrogens with one attached hydrogen (secondary N) is 2. The highest BCUT2D eigenvalue weighted by Gasteiger charge is 2.27. The fraction of sp³-hybridized carbons (Fsp3) is 0.562. The fourth-order valence-electron chi connectivity index (χ4n) is 2.72. The topological polar surface area (TPSA) is 67.2 Å². The number of carbonyl (C=O) groups excluding carboxylic acids is 1. The van der Waals surface area contributed by atoms with E-state index in [1.165, 1.54) is 0 Å². The van der Waals surface area contributed by atoms with E-state index in [4.69, 9.17) is 5.84 Å². The van der Waals surface area contributed by atoms with E-state index in [0.717, 1.165) is 12.0 Å². The lowest BCUT2D eigenvalue weighted by Gasteiger charge is -2.33. The van der Waals surface area contributed by atoms with E-state index in [0.29, 0.717) is 11.3 Å². The monoisotopic (exact) mass is 277 g/mol. The summed E-state index contributed by atoms with van der Waals surface area (Å²) in [7, 11) is 0. The molecule has 0 atom stereocenters. The van der Waals surface area contributed by atoms with Crippen LogP contribution in [0.4, 0.5) is 5.69 Å². The van der Waals surface area contributed by atoms with Crippen molar-refractivity contribution in [2.24, 2.45) is 11.3 Å². The van der Waals surface area contributed by atoms with Crippen molar-refractivity contribution in [3.8, 4) is 0 Å². The van der Waals surface area contributed by atoms with Gasteiger partial charge in [-0.25, -0.2) is 0 Å². The molecule has 0 aromatic heterocycles. The lowest BCUT2D eigenvalue weighted by atomic mass is 9.81. The zero-order valence-electron chi connectivity index (χ0n) is 13.4. The SMILES string of the molecule is Cc1ccc(C(=O)NC(C)(C)CC(C)(C)C)c(NN)c1.